The van der Waals surface area contributed by atoms with Crippen molar-refractivity contribution in [2.45, 2.75) is 38.9 Å². The van der Waals surface area contributed by atoms with E-state index in [1.54, 1.807) is 6.07 Å². The number of rotatable bonds is 6. The number of aliphatic hydroxyl groups is 2. The van der Waals surface area contributed by atoms with Crippen LogP contribution in [0.4, 0.5) is 5.69 Å². The smallest absolute Gasteiger partial charge is 0.216 e. The Morgan fingerprint density at radius 1 is 1.42 bits per heavy atom. The molecule has 1 amide bonds. The SMILES string of the molecule is CCc1ccc(N)c(C(O)C(O)CCNC(C)=O)c1. The number of hydrogen-bond donors (Lipinski definition) is 4. The number of anilines is 1. The van der Waals surface area contributed by atoms with Gasteiger partial charge in [-0.1, -0.05) is 19.1 Å². The van der Waals surface area contributed by atoms with E-state index in [1.807, 2.05) is 19.1 Å². The van der Waals surface area contributed by atoms with E-state index in [4.69, 9.17) is 5.73 Å². The summed E-state index contributed by atoms with van der Waals surface area (Å²) in [6.45, 7) is 3.74. The number of carbonyl (C=O) groups excluding carboxylic acids is 1. The first-order valence-electron chi connectivity index (χ1n) is 6.44. The molecule has 0 aromatic heterocycles. The molecule has 5 nitrogen and oxygen atoms in total. The fourth-order valence-corrected chi connectivity index (χ4v) is 1.86. The van der Waals surface area contributed by atoms with E-state index in [0.29, 0.717) is 17.8 Å². The van der Waals surface area contributed by atoms with Crippen LogP contribution in [0.1, 0.15) is 37.5 Å². The van der Waals surface area contributed by atoms with Crippen LogP contribution in [0.5, 0.6) is 0 Å². The van der Waals surface area contributed by atoms with Crippen molar-refractivity contribution in [1.82, 2.24) is 5.32 Å². The van der Waals surface area contributed by atoms with Crippen molar-refractivity contribution >= 4 is 11.6 Å². The van der Waals surface area contributed by atoms with E-state index in [9.17, 15) is 15.0 Å². The lowest BCUT2D eigenvalue weighted by atomic mass is 9.97. The van der Waals surface area contributed by atoms with Gasteiger partial charge in [-0.25, -0.2) is 0 Å². The second kappa shape index (κ2) is 7.11. The molecule has 0 aliphatic carbocycles. The topological polar surface area (TPSA) is 95.6 Å². The molecule has 0 aliphatic heterocycles. The molecule has 5 heteroatoms. The lowest BCUT2D eigenvalue weighted by Gasteiger charge is -2.20. The van der Waals surface area contributed by atoms with Gasteiger partial charge < -0.3 is 21.3 Å². The van der Waals surface area contributed by atoms with E-state index >= 15 is 0 Å². The number of nitrogen functional groups attached to an aromatic ring is 1. The van der Waals surface area contributed by atoms with Crippen LogP contribution in [0.15, 0.2) is 18.2 Å². The third-order valence-corrected chi connectivity index (χ3v) is 3.06. The predicted octanol–water partition coefficient (Wildman–Crippen LogP) is 0.752. The highest BCUT2D eigenvalue weighted by molar-refractivity contribution is 5.72. The van der Waals surface area contributed by atoms with Gasteiger partial charge in [0.05, 0.1) is 6.10 Å². The van der Waals surface area contributed by atoms with E-state index in [2.05, 4.69) is 5.32 Å². The van der Waals surface area contributed by atoms with Crippen molar-refractivity contribution in [2.24, 2.45) is 0 Å². The highest BCUT2D eigenvalue weighted by Gasteiger charge is 2.20. The van der Waals surface area contributed by atoms with Crippen molar-refractivity contribution in [3.05, 3.63) is 29.3 Å². The van der Waals surface area contributed by atoms with Gasteiger partial charge >= 0.3 is 0 Å². The Balaban J connectivity index is 2.70. The molecule has 2 atom stereocenters. The maximum absolute atomic E-state index is 10.7. The maximum Gasteiger partial charge on any atom is 0.216 e. The summed E-state index contributed by atoms with van der Waals surface area (Å²) in [7, 11) is 0. The van der Waals surface area contributed by atoms with Crippen LogP contribution in [0, 0.1) is 0 Å². The van der Waals surface area contributed by atoms with Gasteiger partial charge in [0.1, 0.15) is 6.10 Å². The molecule has 1 aromatic carbocycles. The Bertz CT molecular complexity index is 435. The number of carbonyl (C=O) groups is 1. The fraction of sp³-hybridized carbons (Fsp3) is 0.500. The van der Waals surface area contributed by atoms with E-state index < -0.39 is 12.2 Å². The molecular formula is C14H22N2O3. The maximum atomic E-state index is 10.7. The minimum Gasteiger partial charge on any atom is -0.398 e. The summed E-state index contributed by atoms with van der Waals surface area (Å²) in [4.78, 5) is 10.7. The molecule has 0 saturated carbocycles. The summed E-state index contributed by atoms with van der Waals surface area (Å²) in [5, 5.41) is 22.6. The van der Waals surface area contributed by atoms with Crippen LogP contribution in [0.2, 0.25) is 0 Å². The molecular weight excluding hydrogens is 244 g/mol. The van der Waals surface area contributed by atoms with Crippen LogP contribution in [-0.2, 0) is 11.2 Å². The van der Waals surface area contributed by atoms with Crippen molar-refractivity contribution in [3.63, 3.8) is 0 Å². The van der Waals surface area contributed by atoms with Gasteiger partial charge in [0, 0.05) is 24.7 Å². The first-order valence-corrected chi connectivity index (χ1v) is 6.44. The van der Waals surface area contributed by atoms with E-state index in [1.165, 1.54) is 6.92 Å². The molecule has 106 valence electrons. The zero-order valence-electron chi connectivity index (χ0n) is 11.4. The molecule has 0 bridgehead atoms. The summed E-state index contributed by atoms with van der Waals surface area (Å²) >= 11 is 0. The van der Waals surface area contributed by atoms with Crippen molar-refractivity contribution in [2.75, 3.05) is 12.3 Å². The lowest BCUT2D eigenvalue weighted by molar-refractivity contribution is -0.119. The molecule has 0 heterocycles. The molecule has 0 spiro atoms. The molecule has 0 radical (unpaired) electrons. The van der Waals surface area contributed by atoms with E-state index in [0.717, 1.165) is 12.0 Å². The quantitative estimate of drug-likeness (QED) is 0.571. The van der Waals surface area contributed by atoms with Crippen LogP contribution >= 0.6 is 0 Å². The Labute approximate surface area is 113 Å². The van der Waals surface area contributed by atoms with E-state index in [-0.39, 0.29) is 12.3 Å². The Morgan fingerprint density at radius 2 is 2.11 bits per heavy atom. The lowest BCUT2D eigenvalue weighted by Crippen LogP contribution is -2.28. The van der Waals surface area contributed by atoms with Gasteiger partial charge in [-0.05, 0) is 24.5 Å². The third kappa shape index (κ3) is 4.54. The van der Waals surface area contributed by atoms with Crippen LogP contribution < -0.4 is 11.1 Å². The largest absolute Gasteiger partial charge is 0.398 e. The Morgan fingerprint density at radius 3 is 2.68 bits per heavy atom. The summed E-state index contributed by atoms with van der Waals surface area (Å²) in [6.07, 6.45) is -0.889. The highest BCUT2D eigenvalue weighted by atomic mass is 16.3. The fourth-order valence-electron chi connectivity index (χ4n) is 1.86. The summed E-state index contributed by atoms with van der Waals surface area (Å²) in [5.74, 6) is -0.158. The van der Waals surface area contributed by atoms with Crippen LogP contribution in [0.25, 0.3) is 0 Å². The second-order valence-electron chi connectivity index (χ2n) is 4.60. The highest BCUT2D eigenvalue weighted by Crippen LogP contribution is 2.25. The number of aliphatic hydroxyl groups excluding tert-OH is 2. The van der Waals surface area contributed by atoms with Crippen molar-refractivity contribution in [1.29, 1.82) is 0 Å². The van der Waals surface area contributed by atoms with Crippen LogP contribution in [-0.4, -0.2) is 28.8 Å². The number of benzene rings is 1. The van der Waals surface area contributed by atoms with Crippen molar-refractivity contribution in [3.8, 4) is 0 Å². The third-order valence-electron chi connectivity index (χ3n) is 3.06. The normalized spacial score (nSPS) is 13.9. The minimum atomic E-state index is -1.04. The molecule has 0 aliphatic rings. The molecule has 0 saturated heterocycles. The van der Waals surface area contributed by atoms with Gasteiger partial charge in [-0.2, -0.15) is 0 Å². The summed E-state index contributed by atoms with van der Waals surface area (Å²) < 4.78 is 0. The van der Waals surface area contributed by atoms with Gasteiger partial charge in [0.25, 0.3) is 0 Å². The molecule has 19 heavy (non-hydrogen) atoms. The molecule has 0 fully saturated rings. The predicted molar refractivity (Wildman–Crippen MR) is 74.5 cm³/mol. The first kappa shape index (κ1) is 15.5. The van der Waals surface area contributed by atoms with Crippen LogP contribution in [0.3, 0.4) is 0 Å². The molecule has 1 aromatic rings. The average molecular weight is 266 g/mol. The summed E-state index contributed by atoms with van der Waals surface area (Å²) in [6, 6.07) is 5.44. The van der Waals surface area contributed by atoms with Gasteiger partial charge in [0.2, 0.25) is 5.91 Å². The monoisotopic (exact) mass is 266 g/mol. The van der Waals surface area contributed by atoms with Crippen molar-refractivity contribution < 1.29 is 15.0 Å². The minimum absolute atomic E-state index is 0.158. The van der Waals surface area contributed by atoms with Gasteiger partial charge in [0.15, 0.2) is 0 Å². The number of aryl methyl sites for hydroxylation is 1. The van der Waals surface area contributed by atoms with Gasteiger partial charge in [-0.15, -0.1) is 0 Å². The summed E-state index contributed by atoms with van der Waals surface area (Å²) in [5.41, 5.74) is 7.87. The standard InChI is InChI=1S/C14H22N2O3/c1-3-10-4-5-12(15)11(8-10)14(19)13(18)6-7-16-9(2)17/h4-5,8,13-14,18-19H,3,6-7,15H2,1-2H3,(H,16,17). The Kier molecular flexibility index (Phi) is 5.79. The number of nitrogens with one attached hydrogen (secondary N) is 1. The Hall–Kier alpha value is -1.59. The molecule has 2 unspecified atom stereocenters. The zero-order chi connectivity index (χ0) is 14.4. The molecule has 5 N–H and O–H groups in total. The number of hydrogen-bond acceptors (Lipinski definition) is 4. The van der Waals surface area contributed by atoms with Gasteiger partial charge in [-0.3, -0.25) is 4.79 Å². The number of nitrogens with two attached hydrogens (primary N) is 1. The first-order chi connectivity index (χ1) is 8.95. The second-order valence-corrected chi connectivity index (χ2v) is 4.60. The molecule has 1 rings (SSSR count). The zero-order valence-corrected chi connectivity index (χ0v) is 11.4. The average Bonchev–Trinajstić information content (AvgIpc) is 2.38. The number of amides is 1.